The fourth-order valence-corrected chi connectivity index (χ4v) is 4.10. The summed E-state index contributed by atoms with van der Waals surface area (Å²) in [6, 6.07) is 3.07. The summed E-state index contributed by atoms with van der Waals surface area (Å²) in [4.78, 5) is 59.7. The zero-order valence-corrected chi connectivity index (χ0v) is 17.3. The zero-order valence-electron chi connectivity index (χ0n) is 17.3. The third-order valence-corrected chi connectivity index (χ3v) is 6.00. The average molecular weight is 414 g/mol. The highest BCUT2D eigenvalue weighted by molar-refractivity contribution is 5.94. The van der Waals surface area contributed by atoms with Gasteiger partial charge in [-0.25, -0.2) is 9.78 Å². The largest absolute Gasteiger partial charge is 0.342 e. The van der Waals surface area contributed by atoms with Crippen molar-refractivity contribution in [2.24, 2.45) is 14.1 Å². The maximum atomic E-state index is 12.9. The van der Waals surface area contributed by atoms with Crippen molar-refractivity contribution in [1.82, 2.24) is 28.8 Å². The van der Waals surface area contributed by atoms with Crippen molar-refractivity contribution in [3.8, 4) is 0 Å². The molecule has 2 fully saturated rings. The maximum absolute atomic E-state index is 12.9. The minimum Gasteiger partial charge on any atom is -0.342 e. The van der Waals surface area contributed by atoms with Crippen molar-refractivity contribution in [1.29, 1.82) is 0 Å². The molecule has 0 spiro atoms. The smallest absolute Gasteiger partial charge is 0.332 e. The van der Waals surface area contributed by atoms with Gasteiger partial charge >= 0.3 is 5.69 Å². The summed E-state index contributed by atoms with van der Waals surface area (Å²) in [5.74, 6) is -0.0819. The zero-order chi connectivity index (χ0) is 21.4. The maximum Gasteiger partial charge on any atom is 0.332 e. The van der Waals surface area contributed by atoms with Gasteiger partial charge in [-0.1, -0.05) is 0 Å². The van der Waals surface area contributed by atoms with E-state index in [0.29, 0.717) is 38.1 Å². The summed E-state index contributed by atoms with van der Waals surface area (Å²) in [5.41, 5.74) is -0.520. The molecule has 0 aromatic carbocycles. The number of carbonyl (C=O) groups excluding carboxylic acids is 2. The van der Waals surface area contributed by atoms with Gasteiger partial charge in [0, 0.05) is 53.4 Å². The average Bonchev–Trinajstić information content (AvgIpc) is 3.31. The van der Waals surface area contributed by atoms with Crippen molar-refractivity contribution in [3.05, 3.63) is 38.7 Å². The van der Waals surface area contributed by atoms with E-state index in [-0.39, 0.29) is 23.2 Å². The van der Waals surface area contributed by atoms with E-state index in [0.717, 1.165) is 30.5 Å². The molecule has 0 bridgehead atoms. The van der Waals surface area contributed by atoms with Crippen LogP contribution in [0.5, 0.6) is 0 Å². The number of hydrogen-bond donors (Lipinski definition) is 0. The fourth-order valence-electron chi connectivity index (χ4n) is 4.10. The molecule has 0 unspecified atom stereocenters. The monoisotopic (exact) mass is 414 g/mol. The highest BCUT2D eigenvalue weighted by Gasteiger charge is 2.26. The van der Waals surface area contributed by atoms with Crippen LogP contribution in [0.15, 0.2) is 21.7 Å². The van der Waals surface area contributed by atoms with Gasteiger partial charge in [0.1, 0.15) is 11.3 Å². The van der Waals surface area contributed by atoms with Crippen molar-refractivity contribution in [2.45, 2.75) is 12.8 Å². The first-order chi connectivity index (χ1) is 14.4. The lowest BCUT2D eigenvalue weighted by atomic mass is 10.2. The molecule has 10 heteroatoms. The lowest BCUT2D eigenvalue weighted by molar-refractivity contribution is -0.131. The van der Waals surface area contributed by atoms with E-state index >= 15 is 0 Å². The van der Waals surface area contributed by atoms with Crippen LogP contribution >= 0.6 is 0 Å². The van der Waals surface area contributed by atoms with E-state index in [1.54, 1.807) is 11.0 Å². The molecule has 0 saturated carbocycles. The highest BCUT2D eigenvalue weighted by atomic mass is 16.2. The Morgan fingerprint density at radius 3 is 2.23 bits per heavy atom. The summed E-state index contributed by atoms with van der Waals surface area (Å²) < 4.78 is 2.30. The summed E-state index contributed by atoms with van der Waals surface area (Å²) in [7, 11) is 2.94. The second-order valence-corrected chi connectivity index (χ2v) is 7.93. The number of piperazine rings is 1. The van der Waals surface area contributed by atoms with E-state index in [9.17, 15) is 19.2 Å². The SMILES string of the molecule is Cn1c(=O)c2ccc(C(=O)N3CCN(CC(=O)N4CCCC4)CC3)nc2n(C)c1=O. The van der Waals surface area contributed by atoms with Crippen LogP contribution in [0.3, 0.4) is 0 Å². The van der Waals surface area contributed by atoms with Crippen LogP contribution in [-0.2, 0) is 18.9 Å². The molecule has 0 N–H and O–H groups in total. The standard InChI is InChI=1S/C20H26N6O4/c1-22-17-14(18(28)23(2)20(22)30)5-6-15(21-17)19(29)26-11-9-24(10-12-26)13-16(27)25-7-3-4-8-25/h5-6H,3-4,7-13H2,1-2H3. The van der Waals surface area contributed by atoms with Crippen LogP contribution in [-0.4, -0.2) is 86.4 Å². The first-order valence-electron chi connectivity index (χ1n) is 10.2. The van der Waals surface area contributed by atoms with Gasteiger partial charge in [-0.2, -0.15) is 0 Å². The van der Waals surface area contributed by atoms with Gasteiger partial charge in [0.25, 0.3) is 11.5 Å². The van der Waals surface area contributed by atoms with Crippen LogP contribution in [0, 0.1) is 0 Å². The van der Waals surface area contributed by atoms with Gasteiger partial charge in [0.05, 0.1) is 11.9 Å². The molecule has 2 aromatic heterocycles. The van der Waals surface area contributed by atoms with Gasteiger partial charge in [0.15, 0.2) is 0 Å². The van der Waals surface area contributed by atoms with Gasteiger partial charge in [0.2, 0.25) is 5.91 Å². The molecule has 0 radical (unpaired) electrons. The Kier molecular flexibility index (Phi) is 5.42. The molecule has 2 aliphatic rings. The van der Waals surface area contributed by atoms with Crippen molar-refractivity contribution >= 4 is 22.8 Å². The third-order valence-electron chi connectivity index (χ3n) is 6.00. The minimum absolute atomic E-state index is 0.158. The number of nitrogens with zero attached hydrogens (tertiary/aromatic N) is 6. The highest BCUT2D eigenvalue weighted by Crippen LogP contribution is 2.12. The molecule has 4 heterocycles. The number of hydrogen-bond acceptors (Lipinski definition) is 6. The summed E-state index contributed by atoms with van der Waals surface area (Å²) in [6.07, 6.45) is 2.15. The van der Waals surface area contributed by atoms with E-state index < -0.39 is 11.2 Å². The molecular weight excluding hydrogens is 388 g/mol. The summed E-state index contributed by atoms with van der Waals surface area (Å²) in [6.45, 7) is 4.33. The quantitative estimate of drug-likeness (QED) is 0.640. The van der Waals surface area contributed by atoms with E-state index in [4.69, 9.17) is 0 Å². The number of amides is 2. The Bertz CT molecular complexity index is 1110. The number of carbonyl (C=O) groups is 2. The van der Waals surface area contributed by atoms with E-state index in [1.807, 2.05) is 4.90 Å². The van der Waals surface area contributed by atoms with Gasteiger partial charge in [-0.15, -0.1) is 0 Å². The van der Waals surface area contributed by atoms with E-state index in [2.05, 4.69) is 9.88 Å². The molecule has 160 valence electrons. The summed E-state index contributed by atoms with van der Waals surface area (Å²) in [5, 5.41) is 0.293. The third kappa shape index (κ3) is 3.62. The van der Waals surface area contributed by atoms with Crippen molar-refractivity contribution < 1.29 is 9.59 Å². The predicted molar refractivity (Wildman–Crippen MR) is 110 cm³/mol. The topological polar surface area (TPSA) is 101 Å². The number of pyridine rings is 1. The molecule has 0 atom stereocenters. The molecule has 0 aliphatic carbocycles. The van der Waals surface area contributed by atoms with Crippen LogP contribution in [0.25, 0.3) is 11.0 Å². The molecule has 2 amide bonds. The van der Waals surface area contributed by atoms with Gasteiger partial charge < -0.3 is 9.80 Å². The Morgan fingerprint density at radius 1 is 0.900 bits per heavy atom. The number of aryl methyl sites for hydroxylation is 1. The number of fused-ring (bicyclic) bond motifs is 1. The molecule has 2 saturated heterocycles. The number of aromatic nitrogens is 3. The molecule has 30 heavy (non-hydrogen) atoms. The predicted octanol–water partition coefficient (Wildman–Crippen LogP) is -0.988. The lowest BCUT2D eigenvalue weighted by Crippen LogP contribution is -2.51. The number of likely N-dealkylation sites (tertiary alicyclic amines) is 1. The minimum atomic E-state index is -0.485. The summed E-state index contributed by atoms with van der Waals surface area (Å²) >= 11 is 0. The van der Waals surface area contributed by atoms with Gasteiger partial charge in [-0.3, -0.25) is 28.4 Å². The molecule has 2 aliphatic heterocycles. The van der Waals surface area contributed by atoms with Gasteiger partial charge in [-0.05, 0) is 25.0 Å². The van der Waals surface area contributed by atoms with Crippen LogP contribution < -0.4 is 11.2 Å². The molecule has 4 rings (SSSR count). The second kappa shape index (κ2) is 8.02. The normalized spacial score (nSPS) is 17.7. The number of rotatable bonds is 3. The first kappa shape index (κ1) is 20.3. The van der Waals surface area contributed by atoms with Crippen molar-refractivity contribution in [2.75, 3.05) is 45.8 Å². The lowest BCUT2D eigenvalue weighted by Gasteiger charge is -2.34. The van der Waals surface area contributed by atoms with Crippen LogP contribution in [0.4, 0.5) is 0 Å². The van der Waals surface area contributed by atoms with Crippen LogP contribution in [0.1, 0.15) is 23.3 Å². The molecule has 10 nitrogen and oxygen atoms in total. The van der Waals surface area contributed by atoms with Crippen molar-refractivity contribution in [3.63, 3.8) is 0 Å². The van der Waals surface area contributed by atoms with E-state index in [1.165, 1.54) is 24.7 Å². The van der Waals surface area contributed by atoms with Crippen LogP contribution in [0.2, 0.25) is 0 Å². The first-order valence-corrected chi connectivity index (χ1v) is 10.2. The Hall–Kier alpha value is -3.01. The Morgan fingerprint density at radius 2 is 1.57 bits per heavy atom. The fraction of sp³-hybridized carbons (Fsp3) is 0.550. The molecule has 2 aromatic rings. The Labute approximate surface area is 173 Å². The Balaban J connectivity index is 1.45. The molecular formula is C20H26N6O4. The second-order valence-electron chi connectivity index (χ2n) is 7.93.